The maximum absolute atomic E-state index is 13.5. The van der Waals surface area contributed by atoms with Crippen molar-refractivity contribution < 1.29 is 27.6 Å². The highest BCUT2D eigenvalue weighted by Gasteiger charge is 2.34. The van der Waals surface area contributed by atoms with Crippen LogP contribution in [0.1, 0.15) is 12.0 Å². The summed E-state index contributed by atoms with van der Waals surface area (Å²) in [5, 5.41) is 9.71. The molecule has 0 aliphatic heterocycles. The number of imidazole rings is 1. The van der Waals surface area contributed by atoms with Crippen molar-refractivity contribution in [3.05, 3.63) is 80.0 Å². The normalized spacial score (nSPS) is 14.4. The van der Waals surface area contributed by atoms with Crippen LogP contribution in [-0.4, -0.2) is 47.6 Å². The van der Waals surface area contributed by atoms with Crippen molar-refractivity contribution in [3.8, 4) is 5.75 Å². The molecular formula is C24H24ClF3N4O5S. The van der Waals surface area contributed by atoms with Gasteiger partial charge in [0.2, 0.25) is 0 Å². The zero-order valence-electron chi connectivity index (χ0n) is 20.3. The van der Waals surface area contributed by atoms with Crippen molar-refractivity contribution in [2.45, 2.75) is 35.9 Å². The number of benzene rings is 2. The molecule has 14 heteroatoms. The number of hydrogen-bond acceptors (Lipinski definition) is 6. The molecule has 0 bridgehead atoms. The van der Waals surface area contributed by atoms with E-state index in [0.717, 1.165) is 21.3 Å². The summed E-state index contributed by atoms with van der Waals surface area (Å²) in [6.07, 6.45) is -3.37. The predicted octanol–water partition coefficient (Wildman–Crippen LogP) is 4.20. The molecule has 0 aliphatic rings. The molecule has 0 saturated carbocycles. The van der Waals surface area contributed by atoms with Crippen molar-refractivity contribution >= 4 is 33.1 Å². The summed E-state index contributed by atoms with van der Waals surface area (Å²) < 4.78 is 57.9. The molecule has 0 amide bonds. The Morgan fingerprint density at radius 3 is 2.42 bits per heavy atom. The largest absolute Gasteiger partial charge is 0.573 e. The van der Waals surface area contributed by atoms with Crippen molar-refractivity contribution in [3.63, 3.8) is 0 Å². The van der Waals surface area contributed by atoms with Crippen LogP contribution in [0.15, 0.2) is 68.2 Å². The molecule has 0 fully saturated rings. The second-order valence-corrected chi connectivity index (χ2v) is 11.6. The smallest absolute Gasteiger partial charge is 0.406 e. The average Bonchev–Trinajstić information content (AvgIpc) is 3.23. The molecule has 0 aliphatic carbocycles. The molecular weight excluding hydrogens is 549 g/mol. The molecule has 2 aromatic carbocycles. The first-order valence-corrected chi connectivity index (χ1v) is 13.6. The number of aliphatic hydroxyl groups excluding tert-OH is 1. The number of aromatic nitrogens is 4. The Balaban J connectivity index is 1.98. The van der Waals surface area contributed by atoms with Crippen LogP contribution in [0.25, 0.3) is 11.2 Å². The zero-order chi connectivity index (χ0) is 27.8. The predicted molar refractivity (Wildman–Crippen MR) is 137 cm³/mol. The van der Waals surface area contributed by atoms with Gasteiger partial charge < -0.3 is 19.0 Å². The van der Waals surface area contributed by atoms with Crippen molar-refractivity contribution in [2.75, 3.05) is 12.9 Å². The number of hydrogen-bond donors (Lipinski definition) is 2. The van der Waals surface area contributed by atoms with Crippen LogP contribution in [0.3, 0.4) is 0 Å². The third-order valence-corrected chi connectivity index (χ3v) is 8.29. The van der Waals surface area contributed by atoms with Crippen LogP contribution < -0.4 is 16.0 Å². The van der Waals surface area contributed by atoms with E-state index in [1.807, 2.05) is 0 Å². The van der Waals surface area contributed by atoms with E-state index in [-0.39, 0.29) is 47.3 Å². The minimum absolute atomic E-state index is 0.000293. The summed E-state index contributed by atoms with van der Waals surface area (Å²) in [6, 6.07) is 11.6. The highest BCUT2D eigenvalue weighted by molar-refractivity contribution is 8.28. The monoisotopic (exact) mass is 572 g/mol. The Bertz CT molecular complexity index is 1600. The Labute approximate surface area is 220 Å². The molecule has 1 unspecified atom stereocenters. The van der Waals surface area contributed by atoms with Crippen LogP contribution in [0.2, 0.25) is 5.02 Å². The number of rotatable bonds is 8. The molecule has 2 N–H and O–H groups in total. The maximum Gasteiger partial charge on any atom is 0.573 e. The highest BCUT2D eigenvalue weighted by Crippen LogP contribution is 2.56. The van der Waals surface area contributed by atoms with Crippen molar-refractivity contribution in [1.29, 1.82) is 0 Å². The Morgan fingerprint density at radius 2 is 1.79 bits per heavy atom. The zero-order valence-corrected chi connectivity index (χ0v) is 21.8. The number of ether oxygens (including phenoxy) is 1. The Hall–Kier alpha value is -3.26. The maximum atomic E-state index is 13.5. The summed E-state index contributed by atoms with van der Waals surface area (Å²) in [5.74, 6) is -0.526. The lowest BCUT2D eigenvalue weighted by Crippen LogP contribution is -2.40. The van der Waals surface area contributed by atoms with Crippen molar-refractivity contribution in [2.24, 2.45) is 7.05 Å². The van der Waals surface area contributed by atoms with Gasteiger partial charge in [0.05, 0.1) is 6.54 Å². The van der Waals surface area contributed by atoms with Crippen LogP contribution >= 0.6 is 21.9 Å². The van der Waals surface area contributed by atoms with E-state index in [0.29, 0.717) is 10.6 Å². The second kappa shape index (κ2) is 10.5. The molecule has 1 atom stereocenters. The lowest BCUT2D eigenvalue weighted by molar-refractivity contribution is -0.274. The average molecular weight is 573 g/mol. The fraction of sp³-hybridized carbons (Fsp3) is 0.292. The third kappa shape index (κ3) is 5.46. The van der Waals surface area contributed by atoms with Crippen LogP contribution in [-0.2, 0) is 20.1 Å². The molecule has 0 radical (unpaired) electrons. The van der Waals surface area contributed by atoms with Gasteiger partial charge in [-0.15, -0.1) is 13.2 Å². The SMILES string of the molecule is Cn1c(=O)n(CCCO)c(=O)c2c1nc(S(C)(O)c1cccc(OC(F)(F)F)c1)n2Cc1ccc(Cl)cc1. The number of aryl methyl sites for hydroxylation is 1. The molecule has 9 nitrogen and oxygen atoms in total. The van der Waals surface area contributed by atoms with E-state index < -0.39 is 33.7 Å². The number of fused-ring (bicyclic) bond motifs is 1. The molecule has 2 heterocycles. The van der Waals surface area contributed by atoms with Crippen LogP contribution in [0, 0.1) is 0 Å². The van der Waals surface area contributed by atoms with Gasteiger partial charge >= 0.3 is 12.1 Å². The van der Waals surface area contributed by atoms with Gasteiger partial charge in [-0.1, -0.05) is 40.1 Å². The van der Waals surface area contributed by atoms with Gasteiger partial charge in [0.1, 0.15) is 5.75 Å². The van der Waals surface area contributed by atoms with Crippen LogP contribution in [0.5, 0.6) is 5.75 Å². The fourth-order valence-corrected chi connectivity index (χ4v) is 5.90. The first-order chi connectivity index (χ1) is 17.8. The Morgan fingerprint density at radius 1 is 1.11 bits per heavy atom. The minimum atomic E-state index is -4.93. The fourth-order valence-electron chi connectivity index (χ4n) is 4.02. The van der Waals surface area contributed by atoms with Gasteiger partial charge in [-0.25, -0.2) is 9.78 Å². The molecule has 4 rings (SSSR count). The van der Waals surface area contributed by atoms with E-state index in [9.17, 15) is 32.4 Å². The van der Waals surface area contributed by atoms with Gasteiger partial charge in [0.15, 0.2) is 16.3 Å². The van der Waals surface area contributed by atoms with E-state index in [1.165, 1.54) is 30.0 Å². The van der Waals surface area contributed by atoms with E-state index in [4.69, 9.17) is 11.6 Å². The standard InChI is InChI=1S/C24H24ClF3N4O5S/c1-30-20-19(21(34)31(23(30)35)11-4-12-33)32(14-15-7-9-16(25)10-8-15)22(29-20)38(2,36)18-6-3-5-17(13-18)37-24(26,27)28/h3,5-10,13,33,36H,4,11-12,14H2,1-2H3. The van der Waals surface area contributed by atoms with E-state index >= 15 is 0 Å². The Kier molecular flexibility index (Phi) is 7.66. The second-order valence-electron chi connectivity index (χ2n) is 8.55. The number of aliphatic hydroxyl groups is 1. The lowest BCUT2D eigenvalue weighted by Gasteiger charge is -2.29. The lowest BCUT2D eigenvalue weighted by atomic mass is 10.2. The van der Waals surface area contributed by atoms with Gasteiger partial charge in [-0.3, -0.25) is 13.9 Å². The summed E-state index contributed by atoms with van der Waals surface area (Å²) in [7, 11) is -1.72. The molecule has 2 aromatic heterocycles. The quantitative estimate of drug-likeness (QED) is 0.327. The number of alkyl halides is 3. The topological polar surface area (TPSA) is 112 Å². The van der Waals surface area contributed by atoms with E-state index in [1.54, 1.807) is 24.3 Å². The van der Waals surface area contributed by atoms with Gasteiger partial charge in [0.25, 0.3) is 5.56 Å². The molecule has 38 heavy (non-hydrogen) atoms. The van der Waals surface area contributed by atoms with Gasteiger partial charge in [0, 0.05) is 30.1 Å². The molecule has 0 spiro atoms. The minimum Gasteiger partial charge on any atom is -0.406 e. The van der Waals surface area contributed by atoms with Crippen molar-refractivity contribution in [1.82, 2.24) is 18.7 Å². The van der Waals surface area contributed by atoms with Crippen LogP contribution in [0.4, 0.5) is 13.2 Å². The molecule has 0 saturated heterocycles. The molecule has 4 aromatic rings. The summed E-state index contributed by atoms with van der Waals surface area (Å²) >= 11 is 6.01. The first kappa shape index (κ1) is 27.8. The third-order valence-electron chi connectivity index (χ3n) is 5.84. The summed E-state index contributed by atoms with van der Waals surface area (Å²) in [5.41, 5.74) is -0.623. The number of halogens is 4. The van der Waals surface area contributed by atoms with Gasteiger partial charge in [-0.05, 0) is 48.6 Å². The first-order valence-electron chi connectivity index (χ1n) is 11.3. The van der Waals surface area contributed by atoms with E-state index in [2.05, 4.69) is 9.72 Å². The molecule has 204 valence electrons. The summed E-state index contributed by atoms with van der Waals surface area (Å²) in [6.45, 7) is -0.240. The summed E-state index contributed by atoms with van der Waals surface area (Å²) in [4.78, 5) is 31.0. The highest BCUT2D eigenvalue weighted by atomic mass is 35.5. The van der Waals surface area contributed by atoms with Gasteiger partial charge in [-0.2, -0.15) is 0 Å². The number of nitrogens with zero attached hydrogens (tertiary/aromatic N) is 4.